The van der Waals surface area contributed by atoms with Gasteiger partial charge >= 0.3 is 0 Å². The molecule has 1 atom stereocenters. The minimum atomic E-state index is -0.0921. The molecule has 4 nitrogen and oxygen atoms in total. The zero-order valence-corrected chi connectivity index (χ0v) is 12.7. The van der Waals surface area contributed by atoms with Gasteiger partial charge in [-0.1, -0.05) is 6.42 Å². The molecular weight excluding hydrogens is 272 g/mol. The summed E-state index contributed by atoms with van der Waals surface area (Å²) in [7, 11) is 0. The summed E-state index contributed by atoms with van der Waals surface area (Å²) >= 11 is 6.28. The second-order valence-corrected chi connectivity index (χ2v) is 6.14. The first-order valence-corrected chi connectivity index (χ1v) is 7.87. The van der Waals surface area contributed by atoms with Gasteiger partial charge in [0.05, 0.1) is 5.38 Å². The highest BCUT2D eigenvalue weighted by Crippen LogP contribution is 2.23. The van der Waals surface area contributed by atoms with Crippen molar-refractivity contribution < 1.29 is 0 Å². The van der Waals surface area contributed by atoms with Crippen LogP contribution in [0.1, 0.15) is 37.4 Å². The standard InChI is InChI=1S/C15H21ClN4/c1-12(16)14-18-13-6-5-7-17-15(13)20(14)11-10-19-8-3-2-4-9-19/h5-7,12H,2-4,8-11H2,1H3. The summed E-state index contributed by atoms with van der Waals surface area (Å²) in [6, 6.07) is 3.93. The third kappa shape index (κ3) is 2.81. The molecule has 0 bridgehead atoms. The Morgan fingerprint density at radius 1 is 1.25 bits per heavy atom. The van der Waals surface area contributed by atoms with Gasteiger partial charge in [-0.2, -0.15) is 0 Å². The van der Waals surface area contributed by atoms with Crippen molar-refractivity contribution in [2.75, 3.05) is 19.6 Å². The van der Waals surface area contributed by atoms with Crippen molar-refractivity contribution in [2.45, 2.75) is 38.1 Å². The lowest BCUT2D eigenvalue weighted by Gasteiger charge is -2.26. The van der Waals surface area contributed by atoms with Gasteiger partial charge in [0.15, 0.2) is 5.65 Å². The molecule has 3 heterocycles. The Morgan fingerprint density at radius 3 is 2.80 bits per heavy atom. The summed E-state index contributed by atoms with van der Waals surface area (Å²) in [5.74, 6) is 0.928. The van der Waals surface area contributed by atoms with Crippen molar-refractivity contribution in [3.63, 3.8) is 0 Å². The average molecular weight is 293 g/mol. The number of aromatic nitrogens is 3. The van der Waals surface area contributed by atoms with Crippen LogP contribution in [-0.2, 0) is 6.54 Å². The summed E-state index contributed by atoms with van der Waals surface area (Å²) in [6.07, 6.45) is 5.84. The third-order valence-electron chi connectivity index (χ3n) is 3.98. The SMILES string of the molecule is CC(Cl)c1nc2cccnc2n1CCN1CCCCC1. The highest BCUT2D eigenvalue weighted by Gasteiger charge is 2.17. The van der Waals surface area contributed by atoms with E-state index in [0.717, 1.165) is 30.1 Å². The lowest BCUT2D eigenvalue weighted by molar-refractivity contribution is 0.221. The van der Waals surface area contributed by atoms with E-state index in [2.05, 4.69) is 19.4 Å². The number of hydrogen-bond donors (Lipinski definition) is 0. The van der Waals surface area contributed by atoms with Crippen LogP contribution < -0.4 is 0 Å². The topological polar surface area (TPSA) is 34.0 Å². The van der Waals surface area contributed by atoms with Crippen LogP contribution in [0.4, 0.5) is 0 Å². The minimum absolute atomic E-state index is 0.0921. The zero-order valence-electron chi connectivity index (χ0n) is 11.9. The van der Waals surface area contributed by atoms with Crippen LogP contribution in [0.25, 0.3) is 11.2 Å². The number of fused-ring (bicyclic) bond motifs is 1. The van der Waals surface area contributed by atoms with Gasteiger partial charge in [0.2, 0.25) is 0 Å². The zero-order chi connectivity index (χ0) is 13.9. The van der Waals surface area contributed by atoms with E-state index >= 15 is 0 Å². The lowest BCUT2D eigenvalue weighted by atomic mass is 10.1. The number of halogens is 1. The van der Waals surface area contributed by atoms with Gasteiger partial charge < -0.3 is 9.47 Å². The van der Waals surface area contributed by atoms with E-state index in [4.69, 9.17) is 11.6 Å². The molecule has 0 N–H and O–H groups in total. The fourth-order valence-corrected chi connectivity index (χ4v) is 3.09. The molecule has 1 unspecified atom stereocenters. The molecular formula is C15H21ClN4. The molecule has 20 heavy (non-hydrogen) atoms. The predicted molar refractivity (Wildman–Crippen MR) is 82.1 cm³/mol. The highest BCUT2D eigenvalue weighted by molar-refractivity contribution is 6.20. The molecule has 0 spiro atoms. The van der Waals surface area contributed by atoms with E-state index in [1.807, 2.05) is 25.3 Å². The fourth-order valence-electron chi connectivity index (χ4n) is 2.92. The molecule has 1 saturated heterocycles. The summed E-state index contributed by atoms with van der Waals surface area (Å²) in [5.41, 5.74) is 1.89. The second-order valence-electron chi connectivity index (χ2n) is 5.49. The van der Waals surface area contributed by atoms with Crippen molar-refractivity contribution in [1.82, 2.24) is 19.4 Å². The maximum atomic E-state index is 6.28. The van der Waals surface area contributed by atoms with Crippen LogP contribution >= 0.6 is 11.6 Å². The Hall–Kier alpha value is -1.13. The molecule has 1 fully saturated rings. The quantitative estimate of drug-likeness (QED) is 0.812. The van der Waals surface area contributed by atoms with Gasteiger partial charge in [-0.3, -0.25) is 0 Å². The van der Waals surface area contributed by atoms with E-state index in [0.29, 0.717) is 0 Å². The molecule has 1 aliphatic rings. The number of hydrogen-bond acceptors (Lipinski definition) is 3. The lowest BCUT2D eigenvalue weighted by Crippen LogP contribution is -2.32. The molecule has 0 amide bonds. The van der Waals surface area contributed by atoms with E-state index in [-0.39, 0.29) is 5.38 Å². The summed E-state index contributed by atoms with van der Waals surface area (Å²) < 4.78 is 2.18. The van der Waals surface area contributed by atoms with Gasteiger partial charge in [-0.05, 0) is 45.0 Å². The average Bonchev–Trinajstić information content (AvgIpc) is 2.85. The maximum absolute atomic E-state index is 6.28. The summed E-state index contributed by atoms with van der Waals surface area (Å²) in [5, 5.41) is -0.0921. The summed E-state index contributed by atoms with van der Waals surface area (Å²) in [4.78, 5) is 11.6. The normalized spacial score (nSPS) is 18.5. The monoisotopic (exact) mass is 292 g/mol. The predicted octanol–water partition coefficient (Wildman–Crippen LogP) is 3.22. The molecule has 0 aliphatic carbocycles. The summed E-state index contributed by atoms with van der Waals surface area (Å²) in [6.45, 7) is 6.37. The number of pyridine rings is 1. The van der Waals surface area contributed by atoms with Gasteiger partial charge in [-0.25, -0.2) is 9.97 Å². The Morgan fingerprint density at radius 2 is 2.05 bits per heavy atom. The Kier molecular flexibility index (Phi) is 4.22. The number of likely N-dealkylation sites (tertiary alicyclic amines) is 1. The first kappa shape index (κ1) is 13.8. The van der Waals surface area contributed by atoms with E-state index in [1.165, 1.54) is 32.4 Å². The van der Waals surface area contributed by atoms with Crippen molar-refractivity contribution in [1.29, 1.82) is 0 Å². The molecule has 3 rings (SSSR count). The van der Waals surface area contributed by atoms with Crippen molar-refractivity contribution in [2.24, 2.45) is 0 Å². The smallest absolute Gasteiger partial charge is 0.160 e. The highest BCUT2D eigenvalue weighted by atomic mass is 35.5. The molecule has 0 aromatic carbocycles. The third-order valence-corrected chi connectivity index (χ3v) is 4.17. The van der Waals surface area contributed by atoms with Gasteiger partial charge in [0.1, 0.15) is 11.3 Å². The minimum Gasteiger partial charge on any atom is -0.310 e. The van der Waals surface area contributed by atoms with E-state index in [9.17, 15) is 0 Å². The largest absolute Gasteiger partial charge is 0.310 e. The molecule has 5 heteroatoms. The first-order chi connectivity index (χ1) is 9.75. The van der Waals surface area contributed by atoms with Crippen LogP contribution in [0.5, 0.6) is 0 Å². The van der Waals surface area contributed by atoms with Crippen LogP contribution in [0.3, 0.4) is 0 Å². The van der Waals surface area contributed by atoms with Crippen LogP contribution in [-0.4, -0.2) is 39.1 Å². The molecule has 0 radical (unpaired) electrons. The van der Waals surface area contributed by atoms with Crippen LogP contribution in [0.15, 0.2) is 18.3 Å². The van der Waals surface area contributed by atoms with Crippen molar-refractivity contribution in [3.05, 3.63) is 24.2 Å². The van der Waals surface area contributed by atoms with E-state index in [1.54, 1.807) is 0 Å². The van der Waals surface area contributed by atoms with Gasteiger partial charge in [0, 0.05) is 19.3 Å². The first-order valence-electron chi connectivity index (χ1n) is 7.43. The fraction of sp³-hybridized carbons (Fsp3) is 0.600. The molecule has 0 saturated carbocycles. The Labute approximate surface area is 124 Å². The van der Waals surface area contributed by atoms with Gasteiger partial charge in [-0.15, -0.1) is 11.6 Å². The maximum Gasteiger partial charge on any atom is 0.160 e. The molecule has 2 aromatic heterocycles. The van der Waals surface area contributed by atoms with E-state index < -0.39 is 0 Å². The van der Waals surface area contributed by atoms with Crippen LogP contribution in [0, 0.1) is 0 Å². The van der Waals surface area contributed by atoms with Crippen molar-refractivity contribution >= 4 is 22.8 Å². The molecule has 1 aliphatic heterocycles. The van der Waals surface area contributed by atoms with Crippen LogP contribution in [0.2, 0.25) is 0 Å². The molecule has 2 aromatic rings. The number of nitrogens with zero attached hydrogens (tertiary/aromatic N) is 4. The number of alkyl halides is 1. The molecule has 108 valence electrons. The Balaban J connectivity index is 1.83. The van der Waals surface area contributed by atoms with Crippen molar-refractivity contribution in [3.8, 4) is 0 Å². The Bertz CT molecular complexity index is 572. The number of rotatable bonds is 4. The number of imidazole rings is 1. The number of piperidine rings is 1. The second kappa shape index (κ2) is 6.10. The van der Waals surface area contributed by atoms with Gasteiger partial charge in [0.25, 0.3) is 0 Å².